The smallest absolute Gasteiger partial charge is 0.252 e. The van der Waals surface area contributed by atoms with Crippen molar-refractivity contribution >= 4 is 10.9 Å². The van der Waals surface area contributed by atoms with E-state index in [-0.39, 0.29) is 23.9 Å². The number of benzene rings is 2. The number of nitrogens with zero attached hydrogens (tertiary/aromatic N) is 5. The molecule has 1 atom stereocenters. The third kappa shape index (κ3) is 5.22. The molecule has 4 aromatic rings. The summed E-state index contributed by atoms with van der Waals surface area (Å²) in [7, 11) is 0. The van der Waals surface area contributed by atoms with E-state index in [9.17, 15) is 4.79 Å². The second-order valence-electron chi connectivity index (χ2n) is 10.7. The molecule has 0 amide bonds. The Labute approximate surface area is 216 Å². The molecule has 0 aliphatic carbocycles. The minimum atomic E-state index is -0.285. The number of rotatable bonds is 8. The van der Waals surface area contributed by atoms with Gasteiger partial charge in [-0.15, -0.1) is 5.10 Å². The Bertz CT molecular complexity index is 1470. The number of pyridine rings is 1. The van der Waals surface area contributed by atoms with Gasteiger partial charge in [0.25, 0.3) is 5.56 Å². The summed E-state index contributed by atoms with van der Waals surface area (Å²) < 4.78 is 13.0. The van der Waals surface area contributed by atoms with Gasteiger partial charge in [0.05, 0.1) is 11.6 Å². The van der Waals surface area contributed by atoms with Crippen molar-refractivity contribution in [1.82, 2.24) is 30.1 Å². The van der Waals surface area contributed by atoms with E-state index in [0.717, 1.165) is 52.2 Å². The van der Waals surface area contributed by atoms with Crippen LogP contribution < -0.4 is 15.0 Å². The van der Waals surface area contributed by atoms with Gasteiger partial charge in [-0.25, -0.2) is 4.68 Å². The molecular formula is C28H34N6O3. The first-order chi connectivity index (χ1) is 17.7. The molecule has 37 heavy (non-hydrogen) atoms. The number of nitrogens with one attached hydrogen (secondary N) is 1. The van der Waals surface area contributed by atoms with Crippen LogP contribution in [0, 0.1) is 6.92 Å². The van der Waals surface area contributed by atoms with Gasteiger partial charge in [0.1, 0.15) is 0 Å². The predicted octanol–water partition coefficient (Wildman–Crippen LogP) is 4.85. The van der Waals surface area contributed by atoms with E-state index < -0.39 is 0 Å². The maximum absolute atomic E-state index is 13.2. The van der Waals surface area contributed by atoms with Crippen LogP contribution in [-0.2, 0) is 18.6 Å². The molecule has 9 heteroatoms. The standard InChI is InChI=1S/C28H34N6O3/c1-6-7-23(26-30-31-32-34(26)28(3,4)5)33(15-19-9-11-24-25(13-19)37-17-36-24)16-21-14-20-12-18(2)8-10-22(20)29-27(21)35/h8-14,23H,6-7,15-17H2,1-5H3,(H,29,35)/t23-/m1/s1. The molecule has 3 heterocycles. The SMILES string of the molecule is CCC[C@H](c1nnnn1C(C)(C)C)N(Cc1ccc2c(c1)OCO2)Cc1cc2cc(C)ccc2[nH]c1=O. The minimum absolute atomic E-state index is 0.0855. The van der Waals surface area contributed by atoms with Crippen LogP contribution in [0.5, 0.6) is 11.5 Å². The number of aromatic amines is 1. The van der Waals surface area contributed by atoms with Gasteiger partial charge in [-0.2, -0.15) is 0 Å². The molecule has 1 aliphatic rings. The van der Waals surface area contributed by atoms with Gasteiger partial charge >= 0.3 is 0 Å². The molecule has 0 bridgehead atoms. The highest BCUT2D eigenvalue weighted by atomic mass is 16.7. The fourth-order valence-electron chi connectivity index (χ4n) is 4.89. The van der Waals surface area contributed by atoms with Crippen molar-refractivity contribution < 1.29 is 9.47 Å². The molecule has 2 aromatic carbocycles. The maximum Gasteiger partial charge on any atom is 0.252 e. The van der Waals surface area contributed by atoms with E-state index in [1.165, 1.54) is 0 Å². The molecular weight excluding hydrogens is 468 g/mol. The van der Waals surface area contributed by atoms with Gasteiger partial charge in [-0.1, -0.05) is 31.0 Å². The summed E-state index contributed by atoms with van der Waals surface area (Å²) in [5.41, 5.74) is 3.38. The van der Waals surface area contributed by atoms with Gasteiger partial charge in [0.15, 0.2) is 17.3 Å². The highest BCUT2D eigenvalue weighted by Gasteiger charge is 2.30. The summed E-state index contributed by atoms with van der Waals surface area (Å²) in [4.78, 5) is 18.5. The largest absolute Gasteiger partial charge is 0.454 e. The Morgan fingerprint density at radius 3 is 2.68 bits per heavy atom. The Balaban J connectivity index is 1.58. The molecule has 0 saturated heterocycles. The van der Waals surface area contributed by atoms with Crippen molar-refractivity contribution in [1.29, 1.82) is 0 Å². The lowest BCUT2D eigenvalue weighted by Crippen LogP contribution is -2.35. The van der Waals surface area contributed by atoms with E-state index in [1.54, 1.807) is 0 Å². The summed E-state index contributed by atoms with van der Waals surface area (Å²) in [6, 6.07) is 14.0. The highest BCUT2D eigenvalue weighted by molar-refractivity contribution is 5.79. The van der Waals surface area contributed by atoms with Crippen LogP contribution in [0.4, 0.5) is 0 Å². The second-order valence-corrected chi connectivity index (χ2v) is 10.7. The molecule has 5 rings (SSSR count). The molecule has 0 saturated carbocycles. The Kier molecular flexibility index (Phi) is 6.72. The first-order valence-corrected chi connectivity index (χ1v) is 12.8. The van der Waals surface area contributed by atoms with E-state index in [1.807, 2.05) is 41.1 Å². The van der Waals surface area contributed by atoms with Crippen molar-refractivity contribution in [3.8, 4) is 11.5 Å². The molecule has 1 aliphatic heterocycles. The number of ether oxygens (including phenoxy) is 2. The molecule has 0 radical (unpaired) electrons. The van der Waals surface area contributed by atoms with Crippen LogP contribution in [0.3, 0.4) is 0 Å². The summed E-state index contributed by atoms with van der Waals surface area (Å²) in [6.07, 6.45) is 1.78. The fourth-order valence-corrected chi connectivity index (χ4v) is 4.89. The van der Waals surface area contributed by atoms with Gasteiger partial charge < -0.3 is 14.5 Å². The molecule has 0 spiro atoms. The van der Waals surface area contributed by atoms with Gasteiger partial charge in [-0.05, 0) is 85.8 Å². The molecule has 194 valence electrons. The van der Waals surface area contributed by atoms with Crippen LogP contribution >= 0.6 is 0 Å². The summed E-state index contributed by atoms with van der Waals surface area (Å²) in [5.74, 6) is 2.28. The normalized spacial score (nSPS) is 14.0. The van der Waals surface area contributed by atoms with Crippen molar-refractivity contribution in [2.75, 3.05) is 6.79 Å². The first kappa shape index (κ1) is 25.0. The molecule has 0 fully saturated rings. The fraction of sp³-hybridized carbons (Fsp3) is 0.429. The number of hydrogen-bond donors (Lipinski definition) is 1. The second kappa shape index (κ2) is 9.97. The number of fused-ring (bicyclic) bond motifs is 2. The monoisotopic (exact) mass is 502 g/mol. The van der Waals surface area contributed by atoms with Gasteiger partial charge in [-0.3, -0.25) is 9.69 Å². The highest BCUT2D eigenvalue weighted by Crippen LogP contribution is 2.35. The average molecular weight is 503 g/mol. The van der Waals surface area contributed by atoms with Crippen LogP contribution in [-0.4, -0.2) is 36.9 Å². The average Bonchev–Trinajstić information content (AvgIpc) is 3.52. The predicted molar refractivity (Wildman–Crippen MR) is 142 cm³/mol. The number of aryl methyl sites for hydroxylation is 1. The van der Waals surface area contributed by atoms with Crippen molar-refractivity contribution in [2.24, 2.45) is 0 Å². The van der Waals surface area contributed by atoms with E-state index in [2.05, 4.69) is 66.1 Å². The van der Waals surface area contributed by atoms with E-state index in [4.69, 9.17) is 9.47 Å². The third-order valence-electron chi connectivity index (χ3n) is 6.70. The zero-order valence-electron chi connectivity index (χ0n) is 22.1. The number of hydrogen-bond acceptors (Lipinski definition) is 7. The summed E-state index contributed by atoms with van der Waals surface area (Å²) >= 11 is 0. The Morgan fingerprint density at radius 2 is 1.89 bits per heavy atom. The van der Waals surface area contributed by atoms with Crippen LogP contribution in [0.25, 0.3) is 10.9 Å². The van der Waals surface area contributed by atoms with Crippen molar-refractivity contribution in [2.45, 2.75) is 72.1 Å². The maximum atomic E-state index is 13.2. The summed E-state index contributed by atoms with van der Waals surface area (Å²) in [5, 5.41) is 13.9. The molecule has 2 aromatic heterocycles. The molecule has 0 unspecified atom stereocenters. The topological polar surface area (TPSA) is 98.2 Å². The van der Waals surface area contributed by atoms with E-state index in [0.29, 0.717) is 18.7 Å². The van der Waals surface area contributed by atoms with Gasteiger partial charge in [0.2, 0.25) is 6.79 Å². The lowest BCUT2D eigenvalue weighted by atomic mass is 10.0. The van der Waals surface area contributed by atoms with Crippen LogP contribution in [0.1, 0.15) is 69.1 Å². The Morgan fingerprint density at radius 1 is 1.08 bits per heavy atom. The first-order valence-electron chi connectivity index (χ1n) is 12.8. The number of aromatic nitrogens is 5. The zero-order chi connectivity index (χ0) is 26.2. The van der Waals surface area contributed by atoms with Crippen molar-refractivity contribution in [3.63, 3.8) is 0 Å². The van der Waals surface area contributed by atoms with E-state index >= 15 is 0 Å². The van der Waals surface area contributed by atoms with Crippen LogP contribution in [0.2, 0.25) is 0 Å². The van der Waals surface area contributed by atoms with Crippen molar-refractivity contribution in [3.05, 3.63) is 75.3 Å². The lowest BCUT2D eigenvalue weighted by molar-refractivity contribution is 0.148. The lowest BCUT2D eigenvalue weighted by Gasteiger charge is -2.33. The zero-order valence-corrected chi connectivity index (χ0v) is 22.1. The Hall–Kier alpha value is -3.72. The number of tetrazole rings is 1. The molecule has 9 nitrogen and oxygen atoms in total. The summed E-state index contributed by atoms with van der Waals surface area (Å²) in [6.45, 7) is 11.7. The quantitative estimate of drug-likeness (QED) is 0.368. The minimum Gasteiger partial charge on any atom is -0.454 e. The van der Waals surface area contributed by atoms with Gasteiger partial charge in [0, 0.05) is 24.2 Å². The number of H-pyrrole nitrogens is 1. The van der Waals surface area contributed by atoms with Crippen LogP contribution in [0.15, 0.2) is 47.3 Å². The molecule has 1 N–H and O–H groups in total. The third-order valence-corrected chi connectivity index (χ3v) is 6.70.